The fourth-order valence-electron chi connectivity index (χ4n) is 4.11. The van der Waals surface area contributed by atoms with E-state index >= 15 is 0 Å². The molecule has 9 heteroatoms. The molecule has 0 aliphatic carbocycles. The Balaban J connectivity index is 0.00000306. The van der Waals surface area contributed by atoms with Gasteiger partial charge in [0.15, 0.2) is 11.8 Å². The van der Waals surface area contributed by atoms with Crippen LogP contribution in [0.5, 0.6) is 5.75 Å². The maximum atomic E-state index is 5.33. The molecule has 1 aliphatic rings. The number of ether oxygens (including phenoxy) is 1. The molecule has 3 aromatic rings. The van der Waals surface area contributed by atoms with Gasteiger partial charge in [0.2, 0.25) is 0 Å². The van der Waals surface area contributed by atoms with E-state index in [-0.39, 0.29) is 30.0 Å². The minimum atomic E-state index is 0. The Morgan fingerprint density at radius 3 is 2.61 bits per heavy atom. The van der Waals surface area contributed by atoms with Gasteiger partial charge < -0.3 is 15.4 Å². The molecule has 1 aromatic heterocycles. The molecule has 0 radical (unpaired) electrons. The minimum Gasteiger partial charge on any atom is -0.497 e. The molecule has 2 aromatic carbocycles. The van der Waals surface area contributed by atoms with Gasteiger partial charge in [-0.15, -0.1) is 24.0 Å². The highest BCUT2D eigenvalue weighted by Crippen LogP contribution is 2.26. The number of methoxy groups -OCH3 is 1. The summed E-state index contributed by atoms with van der Waals surface area (Å²) in [5, 5.41) is 13.8. The molecule has 176 valence electrons. The van der Waals surface area contributed by atoms with E-state index in [1.165, 1.54) is 24.7 Å². The van der Waals surface area contributed by atoms with Gasteiger partial charge in [-0.3, -0.25) is 15.0 Å². The molecular weight excluding hydrogens is 529 g/mol. The van der Waals surface area contributed by atoms with E-state index in [9.17, 15) is 0 Å². The summed E-state index contributed by atoms with van der Waals surface area (Å²) in [7, 11) is 3.50. The van der Waals surface area contributed by atoms with Crippen LogP contribution in [-0.2, 0) is 6.54 Å². The fraction of sp³-hybridized carbons (Fsp3) is 0.375. The Bertz CT molecular complexity index is 1000. The molecule has 1 saturated heterocycles. The summed E-state index contributed by atoms with van der Waals surface area (Å²) in [6.45, 7) is 3.69. The van der Waals surface area contributed by atoms with Gasteiger partial charge >= 0.3 is 0 Å². The molecule has 1 atom stereocenters. The first-order valence-corrected chi connectivity index (χ1v) is 11.0. The lowest BCUT2D eigenvalue weighted by molar-refractivity contribution is 0.245. The molecule has 0 amide bonds. The van der Waals surface area contributed by atoms with Gasteiger partial charge in [0, 0.05) is 25.7 Å². The molecule has 1 unspecified atom stereocenters. The van der Waals surface area contributed by atoms with E-state index in [0.717, 1.165) is 48.3 Å². The number of halogens is 1. The van der Waals surface area contributed by atoms with Gasteiger partial charge in [0.05, 0.1) is 13.2 Å². The number of likely N-dealkylation sites (tertiary alicyclic amines) is 1. The number of aromatic nitrogens is 3. The summed E-state index contributed by atoms with van der Waals surface area (Å²) in [5.41, 5.74) is 3.45. The number of nitrogens with zero attached hydrogens (tertiary/aromatic N) is 4. The van der Waals surface area contributed by atoms with Gasteiger partial charge in [-0.2, -0.15) is 5.10 Å². The molecular formula is C24H32IN7O. The van der Waals surface area contributed by atoms with Crippen LogP contribution in [0.3, 0.4) is 0 Å². The lowest BCUT2D eigenvalue weighted by Crippen LogP contribution is -2.42. The van der Waals surface area contributed by atoms with Gasteiger partial charge in [-0.05, 0) is 55.3 Å². The Labute approximate surface area is 212 Å². The van der Waals surface area contributed by atoms with Crippen LogP contribution in [0, 0.1) is 0 Å². The first kappa shape index (κ1) is 25.0. The van der Waals surface area contributed by atoms with Crippen molar-refractivity contribution in [3.05, 3.63) is 66.0 Å². The van der Waals surface area contributed by atoms with Crippen molar-refractivity contribution in [2.45, 2.75) is 25.4 Å². The number of H-pyrrole nitrogens is 1. The largest absolute Gasteiger partial charge is 0.497 e. The standard InChI is InChI=1S/C24H31N7O.HI/c1-25-24(26-15-18-6-5-7-20(14-18)23-28-17-29-30-23)27-16-22(31-12-3-4-13-31)19-8-10-21(32-2)11-9-19;/h5-11,14,17,22H,3-4,12-13,15-16H2,1-2H3,(H2,25,26,27)(H,28,29,30);1H. The first-order valence-electron chi connectivity index (χ1n) is 11.0. The van der Waals surface area contributed by atoms with Gasteiger partial charge in [-0.25, -0.2) is 4.98 Å². The number of hydrogen-bond acceptors (Lipinski definition) is 5. The van der Waals surface area contributed by atoms with Crippen LogP contribution in [0.2, 0.25) is 0 Å². The van der Waals surface area contributed by atoms with Crippen LogP contribution in [0.15, 0.2) is 59.9 Å². The van der Waals surface area contributed by atoms with E-state index in [4.69, 9.17) is 4.74 Å². The number of aromatic amines is 1. The number of aliphatic imine (C=N–C) groups is 1. The molecule has 33 heavy (non-hydrogen) atoms. The van der Waals surface area contributed by atoms with Crippen molar-refractivity contribution in [2.24, 2.45) is 4.99 Å². The van der Waals surface area contributed by atoms with Crippen LogP contribution in [0.25, 0.3) is 11.4 Å². The van der Waals surface area contributed by atoms with E-state index in [1.807, 2.05) is 24.3 Å². The predicted molar refractivity (Wildman–Crippen MR) is 142 cm³/mol. The van der Waals surface area contributed by atoms with Crippen molar-refractivity contribution in [1.29, 1.82) is 0 Å². The van der Waals surface area contributed by atoms with Crippen LogP contribution in [0.1, 0.15) is 30.0 Å². The smallest absolute Gasteiger partial charge is 0.191 e. The van der Waals surface area contributed by atoms with Crippen molar-refractivity contribution in [2.75, 3.05) is 33.8 Å². The Morgan fingerprint density at radius 1 is 1.15 bits per heavy atom. The normalized spacial score (nSPS) is 15.0. The van der Waals surface area contributed by atoms with Crippen LogP contribution >= 0.6 is 24.0 Å². The second-order valence-electron chi connectivity index (χ2n) is 7.87. The molecule has 0 saturated carbocycles. The zero-order valence-electron chi connectivity index (χ0n) is 19.1. The van der Waals surface area contributed by atoms with Crippen molar-refractivity contribution < 1.29 is 4.74 Å². The van der Waals surface area contributed by atoms with Crippen molar-refractivity contribution >= 4 is 29.9 Å². The molecule has 3 N–H and O–H groups in total. The summed E-state index contributed by atoms with van der Waals surface area (Å²) < 4.78 is 5.33. The maximum absolute atomic E-state index is 5.33. The van der Waals surface area contributed by atoms with E-state index < -0.39 is 0 Å². The Hall–Kier alpha value is -2.66. The molecule has 0 bridgehead atoms. The molecule has 1 aliphatic heterocycles. The lowest BCUT2D eigenvalue weighted by atomic mass is 10.1. The monoisotopic (exact) mass is 561 g/mol. The lowest BCUT2D eigenvalue weighted by Gasteiger charge is -2.29. The van der Waals surface area contributed by atoms with Gasteiger partial charge in [-0.1, -0.05) is 30.3 Å². The molecule has 1 fully saturated rings. The van der Waals surface area contributed by atoms with Crippen LogP contribution in [0.4, 0.5) is 0 Å². The highest BCUT2D eigenvalue weighted by atomic mass is 127. The zero-order chi connectivity index (χ0) is 22.2. The van der Waals surface area contributed by atoms with Crippen molar-refractivity contribution in [3.8, 4) is 17.1 Å². The Kier molecular flexibility index (Phi) is 9.49. The third-order valence-electron chi connectivity index (χ3n) is 5.84. The molecule has 0 spiro atoms. The summed E-state index contributed by atoms with van der Waals surface area (Å²) in [6.07, 6.45) is 4.02. The first-order chi connectivity index (χ1) is 15.8. The topological polar surface area (TPSA) is 90.5 Å². The average Bonchev–Trinajstić information content (AvgIpc) is 3.57. The van der Waals surface area contributed by atoms with E-state index in [2.05, 4.69) is 60.0 Å². The zero-order valence-corrected chi connectivity index (χ0v) is 21.5. The summed E-state index contributed by atoms with van der Waals surface area (Å²) in [5.74, 6) is 2.43. The third-order valence-corrected chi connectivity index (χ3v) is 5.84. The summed E-state index contributed by atoms with van der Waals surface area (Å²) >= 11 is 0. The quantitative estimate of drug-likeness (QED) is 0.221. The van der Waals surface area contributed by atoms with E-state index in [0.29, 0.717) is 6.54 Å². The minimum absolute atomic E-state index is 0. The molecule has 2 heterocycles. The number of hydrogen-bond donors (Lipinski definition) is 3. The van der Waals surface area contributed by atoms with Gasteiger partial charge in [0.25, 0.3) is 0 Å². The van der Waals surface area contributed by atoms with Crippen molar-refractivity contribution in [1.82, 2.24) is 30.7 Å². The highest BCUT2D eigenvalue weighted by Gasteiger charge is 2.23. The number of benzene rings is 2. The summed E-state index contributed by atoms with van der Waals surface area (Å²) in [4.78, 5) is 11.2. The third kappa shape index (κ3) is 6.67. The second kappa shape index (κ2) is 12.5. The van der Waals surface area contributed by atoms with Gasteiger partial charge in [0.1, 0.15) is 12.1 Å². The SMILES string of the molecule is CN=C(NCc1cccc(-c2ncn[nH]2)c1)NCC(c1ccc(OC)cc1)N1CCCC1.I. The summed E-state index contributed by atoms with van der Waals surface area (Å²) in [6, 6.07) is 16.9. The fourth-order valence-corrected chi connectivity index (χ4v) is 4.11. The Morgan fingerprint density at radius 2 is 1.94 bits per heavy atom. The molecule has 8 nitrogen and oxygen atoms in total. The predicted octanol–water partition coefficient (Wildman–Crippen LogP) is 3.60. The second-order valence-corrected chi connectivity index (χ2v) is 7.87. The van der Waals surface area contributed by atoms with Crippen LogP contribution in [-0.4, -0.2) is 59.8 Å². The maximum Gasteiger partial charge on any atom is 0.191 e. The number of nitrogens with one attached hydrogen (secondary N) is 3. The number of guanidine groups is 1. The van der Waals surface area contributed by atoms with Crippen LogP contribution < -0.4 is 15.4 Å². The molecule has 4 rings (SSSR count). The van der Waals surface area contributed by atoms with Crippen molar-refractivity contribution in [3.63, 3.8) is 0 Å². The highest BCUT2D eigenvalue weighted by molar-refractivity contribution is 14.0. The van der Waals surface area contributed by atoms with E-state index in [1.54, 1.807) is 14.2 Å². The number of rotatable bonds is 8. The average molecular weight is 561 g/mol.